The van der Waals surface area contributed by atoms with Crippen LogP contribution >= 0.6 is 0 Å². The van der Waals surface area contributed by atoms with Gasteiger partial charge in [-0.1, -0.05) is 4.68 Å². The van der Waals surface area contributed by atoms with Gasteiger partial charge in [-0.05, 0) is 6.92 Å². The first-order chi connectivity index (χ1) is 3.83. The van der Waals surface area contributed by atoms with Crippen LogP contribution in [0.2, 0.25) is 0 Å². The van der Waals surface area contributed by atoms with Crippen molar-refractivity contribution in [2.24, 2.45) is 0 Å². The fourth-order valence-electron chi connectivity index (χ4n) is 0.428. The van der Waals surface area contributed by atoms with Gasteiger partial charge in [0.15, 0.2) is 11.8 Å². The Kier molecular flexibility index (Phi) is 1.15. The highest BCUT2D eigenvalue weighted by Gasteiger charge is 1.97. The minimum atomic E-state index is 0.104. The molecule has 44 valence electrons. The Morgan fingerprint density at radius 3 is 3.00 bits per heavy atom. The third-order valence-corrected chi connectivity index (χ3v) is 0.834. The smallest absolute Gasteiger partial charge is 0.222 e. The molecule has 0 spiro atoms. The van der Waals surface area contributed by atoms with Crippen molar-refractivity contribution in [2.45, 2.75) is 13.5 Å². The van der Waals surface area contributed by atoms with Crippen molar-refractivity contribution in [1.82, 2.24) is 5.27 Å². The Labute approximate surface area is 46.9 Å². The molecule has 0 atom stereocenters. The fourth-order valence-corrected chi connectivity index (χ4v) is 0.428. The van der Waals surface area contributed by atoms with Crippen LogP contribution in [0.1, 0.15) is 6.92 Å². The summed E-state index contributed by atoms with van der Waals surface area (Å²) in [5.41, 5.74) is 6.87. The number of rotatable bonds is 1. The van der Waals surface area contributed by atoms with Gasteiger partial charge in [0.1, 0.15) is 5.88 Å². The predicted octanol–water partition coefficient (Wildman–Crippen LogP) is 0.666. The SMILES string of the molecule is CC[n+]1cc([NH-])on1. The van der Waals surface area contributed by atoms with Gasteiger partial charge in [-0.2, -0.15) is 0 Å². The second-order valence-corrected chi connectivity index (χ2v) is 1.42. The second kappa shape index (κ2) is 1.81. The van der Waals surface area contributed by atoms with E-state index in [1.54, 1.807) is 4.68 Å². The first kappa shape index (κ1) is 5.08. The molecule has 0 aliphatic rings. The highest BCUT2D eigenvalue weighted by molar-refractivity contribution is 5.19. The van der Waals surface area contributed by atoms with Crippen molar-refractivity contribution in [3.8, 4) is 0 Å². The Hall–Kier alpha value is -1.06. The molecule has 4 nitrogen and oxygen atoms in total. The molecular weight excluding hydrogens is 106 g/mol. The molecule has 0 aliphatic carbocycles. The molecule has 1 heterocycles. The molecule has 0 aliphatic heterocycles. The van der Waals surface area contributed by atoms with Crippen LogP contribution in [0.4, 0.5) is 5.88 Å². The third-order valence-electron chi connectivity index (χ3n) is 0.834. The molecule has 1 N–H and O–H groups in total. The van der Waals surface area contributed by atoms with Crippen LogP contribution in [0.15, 0.2) is 10.7 Å². The number of aromatic nitrogens is 2. The van der Waals surface area contributed by atoms with Gasteiger partial charge in [-0.3, -0.25) is 0 Å². The largest absolute Gasteiger partial charge is 0.660 e. The van der Waals surface area contributed by atoms with E-state index in [1.807, 2.05) is 6.92 Å². The van der Waals surface area contributed by atoms with E-state index >= 15 is 0 Å². The summed E-state index contributed by atoms with van der Waals surface area (Å²) < 4.78 is 5.99. The lowest BCUT2D eigenvalue weighted by Crippen LogP contribution is -2.32. The molecule has 0 unspecified atom stereocenters. The zero-order chi connectivity index (χ0) is 5.98. The van der Waals surface area contributed by atoms with E-state index in [0.29, 0.717) is 0 Å². The maximum atomic E-state index is 6.87. The molecule has 0 radical (unpaired) electrons. The quantitative estimate of drug-likeness (QED) is 0.502. The highest BCUT2D eigenvalue weighted by Crippen LogP contribution is 2.00. The fraction of sp³-hybridized carbons (Fsp3) is 0.500. The van der Waals surface area contributed by atoms with Gasteiger partial charge in [-0.15, -0.1) is 0 Å². The molecule has 8 heavy (non-hydrogen) atoms. The van der Waals surface area contributed by atoms with Gasteiger partial charge in [0.05, 0.1) is 0 Å². The minimum Gasteiger partial charge on any atom is -0.660 e. The summed E-state index contributed by atoms with van der Waals surface area (Å²) >= 11 is 0. The summed E-state index contributed by atoms with van der Waals surface area (Å²) in [6, 6.07) is 0. The molecule has 0 amide bonds. The zero-order valence-electron chi connectivity index (χ0n) is 4.59. The van der Waals surface area contributed by atoms with Crippen LogP contribution in [0.3, 0.4) is 0 Å². The molecule has 0 bridgehead atoms. The number of aryl methyl sites for hydroxylation is 1. The van der Waals surface area contributed by atoms with Crippen LogP contribution in [0.5, 0.6) is 0 Å². The summed E-state index contributed by atoms with van der Waals surface area (Å²) in [6.45, 7) is 2.68. The number of nitrogens with zero attached hydrogens (tertiary/aromatic N) is 2. The van der Waals surface area contributed by atoms with E-state index < -0.39 is 0 Å². The van der Waals surface area contributed by atoms with Crippen LogP contribution in [0.25, 0.3) is 5.73 Å². The first-order valence-electron chi connectivity index (χ1n) is 2.41. The van der Waals surface area contributed by atoms with E-state index in [-0.39, 0.29) is 5.88 Å². The maximum Gasteiger partial charge on any atom is 0.222 e. The summed E-state index contributed by atoms with van der Waals surface area (Å²) in [6.07, 6.45) is 1.53. The Bertz CT molecular complexity index is 172. The lowest BCUT2D eigenvalue weighted by atomic mass is 10.7. The van der Waals surface area contributed by atoms with E-state index in [0.717, 1.165) is 6.54 Å². The average Bonchev–Trinajstić information content (AvgIpc) is 2.14. The first-order valence-corrected chi connectivity index (χ1v) is 2.41. The van der Waals surface area contributed by atoms with Crippen LogP contribution in [-0.2, 0) is 6.54 Å². The van der Waals surface area contributed by atoms with Crippen LogP contribution in [-0.4, -0.2) is 5.27 Å². The molecule has 4 heteroatoms. The van der Waals surface area contributed by atoms with Gasteiger partial charge in [0, 0.05) is 0 Å². The highest BCUT2D eigenvalue weighted by atomic mass is 16.5. The Morgan fingerprint density at radius 2 is 2.75 bits per heavy atom. The Balaban J connectivity index is 2.84. The van der Waals surface area contributed by atoms with Gasteiger partial charge in [0.2, 0.25) is 6.20 Å². The van der Waals surface area contributed by atoms with Crippen molar-refractivity contribution in [1.29, 1.82) is 0 Å². The molecular formula is C4H7N3O. The van der Waals surface area contributed by atoms with Gasteiger partial charge < -0.3 is 10.3 Å². The predicted molar refractivity (Wildman–Crippen MR) is 26.4 cm³/mol. The molecule has 1 rings (SSSR count). The molecule has 0 saturated carbocycles. The maximum absolute atomic E-state index is 6.87. The molecule has 1 aromatic rings. The van der Waals surface area contributed by atoms with E-state index in [1.165, 1.54) is 6.20 Å². The van der Waals surface area contributed by atoms with Gasteiger partial charge >= 0.3 is 0 Å². The standard InChI is InChI=1S/C4H7N3O/c1-2-7-3-4(5)8-6-7/h3,5H,2H2,1H3. The summed E-state index contributed by atoms with van der Waals surface area (Å²) in [7, 11) is 0. The molecule has 0 aromatic carbocycles. The zero-order valence-corrected chi connectivity index (χ0v) is 4.59. The van der Waals surface area contributed by atoms with Crippen LogP contribution < -0.4 is 4.68 Å². The number of hydrogen-bond acceptors (Lipinski definition) is 2. The van der Waals surface area contributed by atoms with Crippen molar-refractivity contribution in [3.05, 3.63) is 11.9 Å². The van der Waals surface area contributed by atoms with Crippen molar-refractivity contribution in [2.75, 3.05) is 0 Å². The minimum absolute atomic E-state index is 0.104. The normalized spacial score (nSPS) is 9.62. The van der Waals surface area contributed by atoms with Gasteiger partial charge in [0.25, 0.3) is 0 Å². The van der Waals surface area contributed by atoms with E-state index in [2.05, 4.69) is 9.79 Å². The average molecular weight is 113 g/mol. The monoisotopic (exact) mass is 113 g/mol. The second-order valence-electron chi connectivity index (χ2n) is 1.42. The summed E-state index contributed by atoms with van der Waals surface area (Å²) in [5, 5.41) is 3.49. The lowest BCUT2D eigenvalue weighted by molar-refractivity contribution is -0.759. The van der Waals surface area contributed by atoms with Crippen molar-refractivity contribution in [3.63, 3.8) is 0 Å². The van der Waals surface area contributed by atoms with Crippen molar-refractivity contribution < 1.29 is 9.20 Å². The van der Waals surface area contributed by atoms with Gasteiger partial charge in [-0.25, -0.2) is 0 Å². The van der Waals surface area contributed by atoms with Crippen molar-refractivity contribution >= 4 is 5.88 Å². The summed E-state index contributed by atoms with van der Waals surface area (Å²) in [5.74, 6) is 0.104. The molecule has 0 saturated heterocycles. The topological polar surface area (TPSA) is 53.7 Å². The van der Waals surface area contributed by atoms with E-state index in [9.17, 15) is 0 Å². The summed E-state index contributed by atoms with van der Waals surface area (Å²) in [4.78, 5) is 0. The van der Waals surface area contributed by atoms with Crippen LogP contribution in [0, 0.1) is 0 Å². The van der Waals surface area contributed by atoms with E-state index in [4.69, 9.17) is 5.73 Å². The number of nitrogens with one attached hydrogen (secondary N) is 1. The number of hydrogen-bond donors (Lipinski definition) is 0. The Morgan fingerprint density at radius 1 is 2.00 bits per heavy atom. The molecule has 1 aromatic heterocycles. The third kappa shape index (κ3) is 0.776. The lowest BCUT2D eigenvalue weighted by Gasteiger charge is -1.76. The molecule has 0 fully saturated rings.